The van der Waals surface area contributed by atoms with Crippen molar-refractivity contribution in [3.63, 3.8) is 0 Å². The number of hydrogen-bond donors (Lipinski definition) is 1. The van der Waals surface area contributed by atoms with E-state index >= 15 is 0 Å². The second kappa shape index (κ2) is 9.48. The zero-order chi connectivity index (χ0) is 22.7. The summed E-state index contributed by atoms with van der Waals surface area (Å²) in [5, 5.41) is 3.96. The molecule has 1 fully saturated rings. The summed E-state index contributed by atoms with van der Waals surface area (Å²) in [6.07, 6.45) is 3.68. The molecule has 8 heteroatoms. The average molecular weight is 436 g/mol. The molecule has 1 unspecified atom stereocenters. The van der Waals surface area contributed by atoms with Gasteiger partial charge < -0.3 is 15.0 Å². The van der Waals surface area contributed by atoms with Crippen LogP contribution in [0.5, 0.6) is 5.75 Å². The quantitative estimate of drug-likeness (QED) is 0.606. The monoisotopic (exact) mass is 435 g/mol. The lowest BCUT2D eigenvalue weighted by atomic mass is 9.96. The normalized spacial score (nSPS) is 16.8. The molecule has 1 saturated heterocycles. The number of amides is 1. The molecule has 0 radical (unpaired) electrons. The van der Waals surface area contributed by atoms with Gasteiger partial charge in [-0.2, -0.15) is 0 Å². The van der Waals surface area contributed by atoms with Crippen molar-refractivity contribution in [2.24, 2.45) is 5.73 Å². The Balaban J connectivity index is 1.35. The molecule has 1 amide bonds. The summed E-state index contributed by atoms with van der Waals surface area (Å²) in [6, 6.07) is 8.22. The third kappa shape index (κ3) is 4.96. The third-order valence-electron chi connectivity index (χ3n) is 6.03. The zero-order valence-electron chi connectivity index (χ0n) is 18.8. The van der Waals surface area contributed by atoms with Gasteiger partial charge in [0.2, 0.25) is 0 Å². The number of piperidine rings is 1. The lowest BCUT2D eigenvalue weighted by molar-refractivity contribution is 0.0998. The van der Waals surface area contributed by atoms with Crippen LogP contribution in [0.2, 0.25) is 0 Å². The minimum atomic E-state index is -0.488. The number of likely N-dealkylation sites (tertiary alicyclic amines) is 1. The first-order chi connectivity index (χ1) is 15.4. The molecule has 0 bridgehead atoms. The van der Waals surface area contributed by atoms with E-state index < -0.39 is 5.91 Å². The van der Waals surface area contributed by atoms with Gasteiger partial charge in [-0.15, -0.1) is 0 Å². The van der Waals surface area contributed by atoms with E-state index in [9.17, 15) is 4.79 Å². The number of carbonyl (C=O) groups excluding carboxylic acids is 1. The van der Waals surface area contributed by atoms with Gasteiger partial charge in [-0.1, -0.05) is 17.3 Å². The molecule has 168 valence electrons. The number of hydrogen-bond acceptors (Lipinski definition) is 7. The van der Waals surface area contributed by atoms with Gasteiger partial charge in [0.25, 0.3) is 5.91 Å². The first-order valence-corrected chi connectivity index (χ1v) is 10.9. The highest BCUT2D eigenvalue weighted by atomic mass is 16.5. The van der Waals surface area contributed by atoms with Crippen LogP contribution in [-0.4, -0.2) is 39.0 Å². The van der Waals surface area contributed by atoms with Crippen LogP contribution in [0.4, 0.5) is 0 Å². The zero-order valence-corrected chi connectivity index (χ0v) is 18.8. The molecule has 1 aliphatic heterocycles. The molecule has 32 heavy (non-hydrogen) atoms. The Kier molecular flexibility index (Phi) is 6.50. The molecule has 0 aliphatic carbocycles. The molecule has 1 aliphatic rings. The number of aryl methyl sites for hydroxylation is 3. The van der Waals surface area contributed by atoms with Crippen LogP contribution in [-0.2, 0) is 13.2 Å². The van der Waals surface area contributed by atoms with Gasteiger partial charge in [-0.25, -0.2) is 9.97 Å². The Morgan fingerprint density at radius 2 is 2.00 bits per heavy atom. The molecule has 1 aromatic carbocycles. The predicted octanol–water partition coefficient (Wildman–Crippen LogP) is 3.45. The van der Waals surface area contributed by atoms with Crippen molar-refractivity contribution in [1.82, 2.24) is 20.0 Å². The van der Waals surface area contributed by atoms with E-state index in [2.05, 4.69) is 32.2 Å². The van der Waals surface area contributed by atoms with Crippen LogP contribution < -0.4 is 10.5 Å². The van der Waals surface area contributed by atoms with E-state index in [4.69, 9.17) is 15.0 Å². The number of ether oxygens (including phenoxy) is 1. The first kappa shape index (κ1) is 22.0. The van der Waals surface area contributed by atoms with Gasteiger partial charge in [0.15, 0.2) is 0 Å². The summed E-state index contributed by atoms with van der Waals surface area (Å²) in [6.45, 7) is 8.86. The summed E-state index contributed by atoms with van der Waals surface area (Å²) in [4.78, 5) is 22.8. The Morgan fingerprint density at radius 1 is 1.22 bits per heavy atom. The van der Waals surface area contributed by atoms with Crippen LogP contribution in [0.3, 0.4) is 0 Å². The predicted molar refractivity (Wildman–Crippen MR) is 119 cm³/mol. The molecule has 4 rings (SSSR count). The fourth-order valence-electron chi connectivity index (χ4n) is 4.15. The standard InChI is InChI=1S/C24H29N5O3/c1-15-21(23(25)30)11-26-24(27-15)19-5-4-10-29(13-19)12-18-6-8-20(9-7-18)31-14-22-16(2)28-32-17(22)3/h6-9,11,19H,4-5,10,12-14H2,1-3H3,(H2,25,30). The molecule has 3 heterocycles. The summed E-state index contributed by atoms with van der Waals surface area (Å²) in [5.74, 6) is 2.17. The summed E-state index contributed by atoms with van der Waals surface area (Å²) in [5.41, 5.74) is 9.50. The van der Waals surface area contributed by atoms with Gasteiger partial charge in [-0.3, -0.25) is 9.69 Å². The molecular weight excluding hydrogens is 406 g/mol. The first-order valence-electron chi connectivity index (χ1n) is 10.9. The highest BCUT2D eigenvalue weighted by Crippen LogP contribution is 2.26. The molecule has 3 aromatic rings. The second-order valence-corrected chi connectivity index (χ2v) is 8.40. The third-order valence-corrected chi connectivity index (χ3v) is 6.03. The largest absolute Gasteiger partial charge is 0.489 e. The number of nitrogens with two attached hydrogens (primary N) is 1. The van der Waals surface area contributed by atoms with E-state index in [0.29, 0.717) is 17.9 Å². The number of nitrogens with zero attached hydrogens (tertiary/aromatic N) is 4. The molecule has 0 spiro atoms. The van der Waals surface area contributed by atoms with E-state index in [-0.39, 0.29) is 5.92 Å². The Labute approximate surface area is 187 Å². The molecule has 8 nitrogen and oxygen atoms in total. The molecule has 1 atom stereocenters. The molecular formula is C24H29N5O3. The van der Waals surface area contributed by atoms with E-state index in [1.165, 1.54) is 5.56 Å². The fourth-order valence-corrected chi connectivity index (χ4v) is 4.15. The van der Waals surface area contributed by atoms with Crippen LogP contribution >= 0.6 is 0 Å². The number of primary amides is 1. The number of benzene rings is 1. The van der Waals surface area contributed by atoms with E-state index in [1.807, 2.05) is 26.0 Å². The maximum atomic E-state index is 11.4. The van der Waals surface area contributed by atoms with Crippen LogP contribution in [0.15, 0.2) is 35.0 Å². The van der Waals surface area contributed by atoms with E-state index in [0.717, 1.165) is 61.1 Å². The number of rotatable bonds is 7. The Bertz CT molecular complexity index is 1070. The van der Waals surface area contributed by atoms with Crippen molar-refractivity contribution in [3.05, 3.63) is 70.1 Å². The van der Waals surface area contributed by atoms with Crippen LogP contribution in [0, 0.1) is 20.8 Å². The van der Waals surface area contributed by atoms with Crippen molar-refractivity contribution >= 4 is 5.91 Å². The highest BCUT2D eigenvalue weighted by molar-refractivity contribution is 5.93. The Morgan fingerprint density at radius 3 is 2.66 bits per heavy atom. The summed E-state index contributed by atoms with van der Waals surface area (Å²) >= 11 is 0. The van der Waals surface area contributed by atoms with Gasteiger partial charge in [0.1, 0.15) is 23.9 Å². The van der Waals surface area contributed by atoms with Gasteiger partial charge in [0.05, 0.1) is 22.5 Å². The molecule has 2 aromatic heterocycles. The number of carbonyl (C=O) groups is 1. The minimum Gasteiger partial charge on any atom is -0.489 e. The highest BCUT2D eigenvalue weighted by Gasteiger charge is 2.24. The SMILES string of the molecule is Cc1nc(C2CCCN(Cc3ccc(OCc4c(C)noc4C)cc3)C2)ncc1C(N)=O. The fraction of sp³-hybridized carbons (Fsp3) is 0.417. The summed E-state index contributed by atoms with van der Waals surface area (Å²) in [7, 11) is 0. The lowest BCUT2D eigenvalue weighted by Gasteiger charge is -2.32. The second-order valence-electron chi connectivity index (χ2n) is 8.40. The molecule has 2 N–H and O–H groups in total. The minimum absolute atomic E-state index is 0.252. The van der Waals surface area contributed by atoms with Gasteiger partial charge in [-0.05, 0) is 57.9 Å². The van der Waals surface area contributed by atoms with Crippen molar-refractivity contribution in [3.8, 4) is 5.75 Å². The lowest BCUT2D eigenvalue weighted by Crippen LogP contribution is -2.34. The van der Waals surface area contributed by atoms with Crippen molar-refractivity contribution in [1.29, 1.82) is 0 Å². The van der Waals surface area contributed by atoms with E-state index in [1.54, 1.807) is 13.1 Å². The maximum absolute atomic E-state index is 11.4. The van der Waals surface area contributed by atoms with Crippen LogP contribution in [0.25, 0.3) is 0 Å². The maximum Gasteiger partial charge on any atom is 0.252 e. The van der Waals surface area contributed by atoms with Gasteiger partial charge in [0, 0.05) is 25.2 Å². The van der Waals surface area contributed by atoms with Gasteiger partial charge >= 0.3 is 0 Å². The number of aromatic nitrogens is 3. The van der Waals surface area contributed by atoms with Crippen LogP contribution in [0.1, 0.15) is 63.2 Å². The smallest absolute Gasteiger partial charge is 0.252 e. The van der Waals surface area contributed by atoms with Crippen molar-refractivity contribution < 1.29 is 14.1 Å². The topological polar surface area (TPSA) is 107 Å². The molecule has 0 saturated carbocycles. The van der Waals surface area contributed by atoms with Crippen molar-refractivity contribution in [2.75, 3.05) is 13.1 Å². The summed E-state index contributed by atoms with van der Waals surface area (Å²) < 4.78 is 11.1. The van der Waals surface area contributed by atoms with Crippen molar-refractivity contribution in [2.45, 2.75) is 52.7 Å². The average Bonchev–Trinajstić information content (AvgIpc) is 3.10. The Hall–Kier alpha value is -3.26.